The highest BCUT2D eigenvalue weighted by Crippen LogP contribution is 2.05. The van der Waals surface area contributed by atoms with Crippen LogP contribution in [0.3, 0.4) is 0 Å². The average molecular weight is 138 g/mol. The van der Waals surface area contributed by atoms with Gasteiger partial charge in [-0.3, -0.25) is 0 Å². The number of carbonyl (C=O) groups is 1. The van der Waals surface area contributed by atoms with E-state index >= 15 is 0 Å². The number of hydrogen-bond acceptors (Lipinski definition) is 1. The summed E-state index contributed by atoms with van der Waals surface area (Å²) in [7, 11) is 0. The summed E-state index contributed by atoms with van der Waals surface area (Å²) in [5, 5.41) is 0. The molecule has 0 spiro atoms. The van der Waals surface area contributed by atoms with Crippen molar-refractivity contribution in [3.63, 3.8) is 0 Å². The molecule has 0 aromatic carbocycles. The average Bonchev–Trinajstić information content (AvgIpc) is 1.82. The quantitative estimate of drug-likeness (QED) is 0.545. The van der Waals surface area contributed by atoms with E-state index in [1.165, 1.54) is 0 Å². The van der Waals surface area contributed by atoms with Crippen molar-refractivity contribution in [1.29, 1.82) is 0 Å². The van der Waals surface area contributed by atoms with Crippen LogP contribution in [0.1, 0.15) is 33.6 Å². The minimum absolute atomic E-state index is 0.255. The minimum Gasteiger partial charge on any atom is -0.300 e. The molecule has 0 aromatic rings. The van der Waals surface area contributed by atoms with Crippen molar-refractivity contribution < 1.29 is 4.79 Å². The lowest BCUT2D eigenvalue weighted by Gasteiger charge is -2.01. The van der Waals surface area contributed by atoms with Crippen molar-refractivity contribution in [3.8, 4) is 11.8 Å². The molecule has 0 aromatic heterocycles. The molecule has 0 heterocycles. The molecule has 0 aliphatic carbocycles. The lowest BCUT2D eigenvalue weighted by Crippen LogP contribution is -1.99. The highest BCUT2D eigenvalue weighted by atomic mass is 16.1. The highest BCUT2D eigenvalue weighted by molar-refractivity contribution is 5.75. The number of hydrogen-bond donors (Lipinski definition) is 0. The van der Waals surface area contributed by atoms with Gasteiger partial charge in [-0.05, 0) is 19.8 Å². The Hall–Kier alpha value is -0.770. The summed E-state index contributed by atoms with van der Waals surface area (Å²) >= 11 is 0. The molecule has 0 rings (SSSR count). The van der Waals surface area contributed by atoms with Crippen LogP contribution in [0.4, 0.5) is 0 Å². The number of carbonyl (C=O) groups excluding carboxylic acids is 1. The predicted octanol–water partition coefficient (Wildman–Crippen LogP) is 2.02. The fraction of sp³-hybridized carbons (Fsp3) is 0.667. The van der Waals surface area contributed by atoms with Gasteiger partial charge in [-0.1, -0.05) is 6.92 Å². The van der Waals surface area contributed by atoms with Crippen molar-refractivity contribution in [2.45, 2.75) is 33.6 Å². The van der Waals surface area contributed by atoms with Crippen molar-refractivity contribution in [2.75, 3.05) is 0 Å². The van der Waals surface area contributed by atoms with Crippen LogP contribution in [0.15, 0.2) is 0 Å². The fourth-order valence-electron chi connectivity index (χ4n) is 0.839. The van der Waals surface area contributed by atoms with Crippen molar-refractivity contribution >= 4 is 5.78 Å². The van der Waals surface area contributed by atoms with Crippen LogP contribution >= 0.6 is 0 Å². The smallest absolute Gasteiger partial charge is 0.130 e. The Morgan fingerprint density at radius 3 is 2.60 bits per heavy atom. The molecule has 1 unspecified atom stereocenters. The van der Waals surface area contributed by atoms with Crippen LogP contribution in [0.5, 0.6) is 0 Å². The lowest BCUT2D eigenvalue weighted by atomic mass is 10.0. The Morgan fingerprint density at radius 2 is 2.20 bits per heavy atom. The zero-order valence-corrected chi connectivity index (χ0v) is 6.90. The van der Waals surface area contributed by atoms with E-state index in [0.29, 0.717) is 12.3 Å². The Morgan fingerprint density at radius 1 is 1.60 bits per heavy atom. The molecule has 0 amide bonds. The van der Waals surface area contributed by atoms with Crippen LogP contribution in [0, 0.1) is 17.8 Å². The Labute approximate surface area is 62.8 Å². The summed E-state index contributed by atoms with van der Waals surface area (Å²) in [6.45, 7) is 5.49. The van der Waals surface area contributed by atoms with Gasteiger partial charge in [0.2, 0.25) is 0 Å². The molecule has 0 N–H and O–H groups in total. The van der Waals surface area contributed by atoms with E-state index in [2.05, 4.69) is 11.8 Å². The van der Waals surface area contributed by atoms with Crippen molar-refractivity contribution in [1.82, 2.24) is 0 Å². The topological polar surface area (TPSA) is 17.1 Å². The van der Waals surface area contributed by atoms with E-state index in [1.807, 2.05) is 13.8 Å². The Bertz CT molecular complexity index is 159. The van der Waals surface area contributed by atoms with Crippen molar-refractivity contribution in [3.05, 3.63) is 0 Å². The third-order valence-corrected chi connectivity index (χ3v) is 1.26. The largest absolute Gasteiger partial charge is 0.300 e. The van der Waals surface area contributed by atoms with Gasteiger partial charge in [0.25, 0.3) is 0 Å². The third kappa shape index (κ3) is 5.37. The first-order chi connectivity index (χ1) is 4.66. The normalized spacial score (nSPS) is 11.5. The molecule has 0 aliphatic rings. The minimum atomic E-state index is 0.255. The van der Waals surface area contributed by atoms with Crippen LogP contribution in [-0.2, 0) is 4.79 Å². The zero-order valence-electron chi connectivity index (χ0n) is 6.90. The van der Waals surface area contributed by atoms with Crippen LogP contribution < -0.4 is 0 Å². The van der Waals surface area contributed by atoms with Gasteiger partial charge in [0, 0.05) is 12.8 Å². The zero-order chi connectivity index (χ0) is 7.98. The summed E-state index contributed by atoms with van der Waals surface area (Å²) in [5.74, 6) is 6.44. The molecule has 0 fully saturated rings. The number of rotatable bonds is 3. The molecule has 0 saturated carbocycles. The molecular weight excluding hydrogens is 124 g/mol. The van der Waals surface area contributed by atoms with E-state index in [4.69, 9.17) is 0 Å². The standard InChI is InChI=1S/C9H14O/c1-4-5-6-8(2)7-9(3)10/h8H,6-7H2,1-3H3. The molecule has 1 heteroatoms. The molecule has 0 aliphatic heterocycles. The fourth-order valence-corrected chi connectivity index (χ4v) is 0.839. The Kier molecular flexibility index (Phi) is 4.66. The second kappa shape index (κ2) is 5.05. The molecule has 0 saturated heterocycles. The molecule has 56 valence electrons. The SMILES string of the molecule is CC#CCC(C)CC(C)=O. The van der Waals surface area contributed by atoms with Crippen LogP contribution in [0.25, 0.3) is 0 Å². The monoisotopic (exact) mass is 138 g/mol. The summed E-state index contributed by atoms with van der Waals surface area (Å²) in [5.41, 5.74) is 0. The van der Waals surface area contributed by atoms with E-state index < -0.39 is 0 Å². The number of ketones is 1. The van der Waals surface area contributed by atoms with Gasteiger partial charge in [0.15, 0.2) is 0 Å². The van der Waals surface area contributed by atoms with E-state index in [-0.39, 0.29) is 5.78 Å². The first kappa shape index (κ1) is 9.23. The Balaban J connectivity index is 3.50. The molecule has 1 nitrogen and oxygen atoms in total. The maximum Gasteiger partial charge on any atom is 0.130 e. The second-order valence-corrected chi connectivity index (χ2v) is 2.64. The van der Waals surface area contributed by atoms with Crippen LogP contribution in [0.2, 0.25) is 0 Å². The molecule has 0 bridgehead atoms. The third-order valence-electron chi connectivity index (χ3n) is 1.26. The van der Waals surface area contributed by atoms with Gasteiger partial charge in [-0.15, -0.1) is 11.8 Å². The lowest BCUT2D eigenvalue weighted by molar-refractivity contribution is -0.117. The van der Waals surface area contributed by atoms with E-state index in [9.17, 15) is 4.79 Å². The van der Waals surface area contributed by atoms with Gasteiger partial charge in [-0.2, -0.15) is 0 Å². The first-order valence-corrected chi connectivity index (χ1v) is 3.56. The maximum absolute atomic E-state index is 10.6. The van der Waals surface area contributed by atoms with E-state index in [0.717, 1.165) is 6.42 Å². The van der Waals surface area contributed by atoms with Crippen molar-refractivity contribution in [2.24, 2.45) is 5.92 Å². The molecule has 10 heavy (non-hydrogen) atoms. The highest BCUT2D eigenvalue weighted by Gasteiger charge is 2.01. The van der Waals surface area contributed by atoms with Gasteiger partial charge in [0.1, 0.15) is 5.78 Å². The summed E-state index contributed by atoms with van der Waals surface area (Å²) < 4.78 is 0. The molecule has 0 radical (unpaired) electrons. The molecular formula is C9H14O. The second-order valence-electron chi connectivity index (χ2n) is 2.64. The number of Topliss-reactive ketones (excluding diaryl/α,β-unsaturated/α-hetero) is 1. The van der Waals surface area contributed by atoms with E-state index in [1.54, 1.807) is 6.92 Å². The van der Waals surface area contributed by atoms with Crippen LogP contribution in [-0.4, -0.2) is 5.78 Å². The molecule has 1 atom stereocenters. The summed E-state index contributed by atoms with van der Waals surface area (Å²) in [6.07, 6.45) is 1.50. The van der Waals surface area contributed by atoms with Gasteiger partial charge < -0.3 is 4.79 Å². The summed E-state index contributed by atoms with van der Waals surface area (Å²) in [4.78, 5) is 10.6. The summed E-state index contributed by atoms with van der Waals surface area (Å²) in [6, 6.07) is 0. The van der Waals surface area contributed by atoms with Gasteiger partial charge >= 0.3 is 0 Å². The van der Waals surface area contributed by atoms with Gasteiger partial charge in [-0.25, -0.2) is 0 Å². The first-order valence-electron chi connectivity index (χ1n) is 3.56. The maximum atomic E-state index is 10.6. The predicted molar refractivity (Wildman–Crippen MR) is 42.5 cm³/mol. The van der Waals surface area contributed by atoms with Gasteiger partial charge in [0.05, 0.1) is 0 Å².